The van der Waals surface area contributed by atoms with Gasteiger partial charge in [-0.15, -0.1) is 0 Å². The number of benzene rings is 3. The molecule has 234 valence electrons. The molecule has 1 atom stereocenters. The second kappa shape index (κ2) is 13.4. The van der Waals surface area contributed by atoms with Crippen LogP contribution in [0.1, 0.15) is 44.4 Å². The Kier molecular flexibility index (Phi) is 8.98. The van der Waals surface area contributed by atoms with Crippen molar-refractivity contribution in [2.24, 2.45) is 4.99 Å². The lowest BCUT2D eigenvalue weighted by molar-refractivity contribution is -0.139. The summed E-state index contributed by atoms with van der Waals surface area (Å²) >= 11 is 1.27. The van der Waals surface area contributed by atoms with E-state index >= 15 is 0 Å². The molecule has 2 aromatic heterocycles. The maximum atomic E-state index is 14.3. The number of hydrogen-bond acceptors (Lipinski definition) is 8. The minimum absolute atomic E-state index is 0.204. The van der Waals surface area contributed by atoms with Gasteiger partial charge >= 0.3 is 5.97 Å². The molecule has 1 unspecified atom stereocenters. The molecular weight excluding hydrogens is 600 g/mol. The number of para-hydroxylation sites is 1. The highest BCUT2D eigenvalue weighted by Gasteiger charge is 2.33. The number of esters is 1. The number of aromatic nitrogens is 3. The fraction of sp³-hybridized carbons (Fsp3) is 0.222. The van der Waals surface area contributed by atoms with Crippen LogP contribution in [0.4, 0.5) is 0 Å². The zero-order chi connectivity index (χ0) is 32.2. The Morgan fingerprint density at radius 2 is 1.70 bits per heavy atom. The van der Waals surface area contributed by atoms with E-state index in [-0.39, 0.29) is 12.2 Å². The zero-order valence-corrected chi connectivity index (χ0v) is 26.9. The average molecular weight is 635 g/mol. The molecule has 0 bridgehead atoms. The van der Waals surface area contributed by atoms with Gasteiger partial charge in [-0.2, -0.15) is 5.10 Å². The van der Waals surface area contributed by atoms with Gasteiger partial charge in [0.1, 0.15) is 17.2 Å². The Hall–Kier alpha value is -5.22. The molecule has 9 nitrogen and oxygen atoms in total. The molecule has 3 aromatic carbocycles. The van der Waals surface area contributed by atoms with Crippen LogP contribution in [-0.2, 0) is 9.53 Å². The van der Waals surface area contributed by atoms with Crippen LogP contribution in [0, 0.1) is 0 Å². The van der Waals surface area contributed by atoms with E-state index in [2.05, 4.69) is 6.92 Å². The Labute approximate surface area is 270 Å². The summed E-state index contributed by atoms with van der Waals surface area (Å²) in [6.45, 7) is 6.44. The van der Waals surface area contributed by atoms with Crippen molar-refractivity contribution in [3.63, 3.8) is 0 Å². The molecule has 3 heterocycles. The SMILES string of the molecule is CCCOc1ccc(-c2nn(-c3ccccc3)cc2/C=c2\sc3n(c2=O)C(c2ccc(OC)cc2)C(C(=O)OCC)=C(C)N=3)cc1. The summed E-state index contributed by atoms with van der Waals surface area (Å²) in [5, 5.41) is 4.93. The second-order valence-corrected chi connectivity index (χ2v) is 11.7. The highest BCUT2D eigenvalue weighted by Crippen LogP contribution is 2.32. The number of allylic oxidation sites excluding steroid dienone is 1. The first kappa shape index (κ1) is 30.8. The van der Waals surface area contributed by atoms with Crippen molar-refractivity contribution in [2.45, 2.75) is 33.2 Å². The normalized spacial score (nSPS) is 14.5. The van der Waals surface area contributed by atoms with Gasteiger partial charge in [0.15, 0.2) is 4.80 Å². The van der Waals surface area contributed by atoms with Crippen molar-refractivity contribution in [1.82, 2.24) is 14.3 Å². The molecule has 10 heteroatoms. The van der Waals surface area contributed by atoms with Crippen LogP contribution in [0.15, 0.2) is 106 Å². The Morgan fingerprint density at radius 3 is 2.37 bits per heavy atom. The van der Waals surface area contributed by atoms with Crippen molar-refractivity contribution in [2.75, 3.05) is 20.3 Å². The van der Waals surface area contributed by atoms with Crippen molar-refractivity contribution in [3.05, 3.63) is 127 Å². The van der Waals surface area contributed by atoms with Crippen LogP contribution < -0.4 is 24.4 Å². The topological polar surface area (TPSA) is 96.9 Å². The van der Waals surface area contributed by atoms with Crippen LogP contribution >= 0.6 is 11.3 Å². The fourth-order valence-corrected chi connectivity index (χ4v) is 6.43. The highest BCUT2D eigenvalue weighted by molar-refractivity contribution is 7.07. The van der Waals surface area contributed by atoms with Crippen LogP contribution in [0.3, 0.4) is 0 Å². The predicted octanol–water partition coefficient (Wildman–Crippen LogP) is 5.45. The molecule has 0 radical (unpaired) electrons. The quantitative estimate of drug-likeness (QED) is 0.190. The molecule has 0 amide bonds. The van der Waals surface area contributed by atoms with E-state index in [0.717, 1.165) is 34.5 Å². The first-order valence-corrected chi connectivity index (χ1v) is 16.0. The summed E-state index contributed by atoms with van der Waals surface area (Å²) in [6.07, 6.45) is 4.69. The Bertz CT molecular complexity index is 2080. The van der Waals surface area contributed by atoms with E-state index in [4.69, 9.17) is 24.3 Å². The number of carbonyl (C=O) groups excluding carboxylic acids is 1. The largest absolute Gasteiger partial charge is 0.497 e. The minimum Gasteiger partial charge on any atom is -0.497 e. The standard InChI is InChI=1S/C36H34N4O5S/c1-5-20-45-29-18-12-24(13-19-29)32-26(22-39(38-32)27-10-8-7-9-11-27)21-30-34(41)40-33(25-14-16-28(43-4)17-15-25)31(35(42)44-6-2)23(3)37-36(40)46-30/h7-19,21-22,33H,5-6,20H2,1-4H3/b30-21-. The lowest BCUT2D eigenvalue weighted by Crippen LogP contribution is -2.39. The number of rotatable bonds is 10. The minimum atomic E-state index is -0.717. The molecule has 46 heavy (non-hydrogen) atoms. The van der Waals surface area contributed by atoms with Gasteiger partial charge in [0.05, 0.1) is 47.9 Å². The third-order valence-corrected chi connectivity index (χ3v) is 8.58. The van der Waals surface area contributed by atoms with Crippen molar-refractivity contribution in [1.29, 1.82) is 0 Å². The van der Waals surface area contributed by atoms with Crippen LogP contribution in [0.2, 0.25) is 0 Å². The number of nitrogens with zero attached hydrogens (tertiary/aromatic N) is 4. The van der Waals surface area contributed by atoms with E-state index in [1.54, 1.807) is 25.5 Å². The van der Waals surface area contributed by atoms with Crippen LogP contribution in [0.25, 0.3) is 23.0 Å². The maximum absolute atomic E-state index is 14.3. The highest BCUT2D eigenvalue weighted by atomic mass is 32.1. The van der Waals surface area contributed by atoms with E-state index < -0.39 is 12.0 Å². The zero-order valence-electron chi connectivity index (χ0n) is 26.1. The summed E-state index contributed by atoms with van der Waals surface area (Å²) in [7, 11) is 1.59. The van der Waals surface area contributed by atoms with Gasteiger partial charge in [-0.3, -0.25) is 9.36 Å². The third-order valence-electron chi connectivity index (χ3n) is 7.60. The van der Waals surface area contributed by atoms with E-state index in [0.29, 0.717) is 38.7 Å². The average Bonchev–Trinajstić information content (AvgIpc) is 3.64. The van der Waals surface area contributed by atoms with Gasteiger partial charge in [-0.1, -0.05) is 48.6 Å². The van der Waals surface area contributed by atoms with Gasteiger partial charge in [-0.05, 0) is 80.4 Å². The number of methoxy groups -OCH3 is 1. The van der Waals surface area contributed by atoms with E-state index in [1.807, 2.05) is 95.8 Å². The molecule has 1 aliphatic heterocycles. The molecule has 0 spiro atoms. The number of thiazole rings is 1. The first-order valence-electron chi connectivity index (χ1n) is 15.1. The van der Waals surface area contributed by atoms with Crippen LogP contribution in [-0.4, -0.2) is 40.6 Å². The smallest absolute Gasteiger partial charge is 0.338 e. The summed E-state index contributed by atoms with van der Waals surface area (Å²) in [6, 6.07) is 24.2. The number of fused-ring (bicyclic) bond motifs is 1. The van der Waals surface area contributed by atoms with Gasteiger partial charge in [-0.25, -0.2) is 14.5 Å². The van der Waals surface area contributed by atoms with Gasteiger partial charge in [0, 0.05) is 17.3 Å². The molecule has 1 aliphatic rings. The summed E-state index contributed by atoms with van der Waals surface area (Å²) < 4.78 is 20.4. The van der Waals surface area contributed by atoms with Crippen LogP contribution in [0.5, 0.6) is 11.5 Å². The number of hydrogen-bond donors (Lipinski definition) is 0. The number of ether oxygens (including phenoxy) is 3. The monoisotopic (exact) mass is 634 g/mol. The molecule has 0 fully saturated rings. The summed E-state index contributed by atoms with van der Waals surface area (Å²) in [4.78, 5) is 32.7. The molecule has 6 rings (SSSR count). The van der Waals surface area contributed by atoms with Crippen molar-refractivity contribution < 1.29 is 19.0 Å². The Morgan fingerprint density at radius 1 is 0.978 bits per heavy atom. The molecule has 0 N–H and O–H groups in total. The molecule has 0 saturated carbocycles. The van der Waals surface area contributed by atoms with Gasteiger partial charge in [0.25, 0.3) is 5.56 Å². The Balaban J connectivity index is 1.51. The second-order valence-electron chi connectivity index (χ2n) is 10.7. The van der Waals surface area contributed by atoms with E-state index in [9.17, 15) is 9.59 Å². The molecule has 0 saturated heterocycles. The fourth-order valence-electron chi connectivity index (χ4n) is 5.39. The maximum Gasteiger partial charge on any atom is 0.338 e. The van der Waals surface area contributed by atoms with Crippen molar-refractivity contribution in [3.8, 4) is 28.4 Å². The van der Waals surface area contributed by atoms with Gasteiger partial charge in [0.2, 0.25) is 0 Å². The molecule has 5 aromatic rings. The first-order chi connectivity index (χ1) is 22.4. The predicted molar refractivity (Wildman–Crippen MR) is 178 cm³/mol. The van der Waals surface area contributed by atoms with Gasteiger partial charge < -0.3 is 14.2 Å². The summed E-state index contributed by atoms with van der Waals surface area (Å²) in [5.74, 6) is 0.952. The lowest BCUT2D eigenvalue weighted by Gasteiger charge is -2.24. The van der Waals surface area contributed by atoms with Crippen molar-refractivity contribution >= 4 is 23.4 Å². The molecule has 0 aliphatic carbocycles. The third kappa shape index (κ3) is 6.03. The molecular formula is C36H34N4O5S. The summed E-state index contributed by atoms with van der Waals surface area (Å²) in [5.41, 5.74) is 4.57. The number of carbonyl (C=O) groups is 1. The van der Waals surface area contributed by atoms with E-state index in [1.165, 1.54) is 11.3 Å². The lowest BCUT2D eigenvalue weighted by atomic mass is 9.96.